The molecule has 1 N–H and O–H groups in total. The molecule has 6 heteroatoms. The van der Waals surface area contributed by atoms with E-state index in [1.54, 1.807) is 18.2 Å². The Morgan fingerprint density at radius 3 is 2.71 bits per heavy atom. The number of carbonyl (C=O) groups excluding carboxylic acids is 1. The van der Waals surface area contributed by atoms with Crippen molar-refractivity contribution in [2.24, 2.45) is 0 Å². The van der Waals surface area contributed by atoms with Gasteiger partial charge in [0, 0.05) is 12.3 Å². The third-order valence-corrected chi connectivity index (χ3v) is 2.87. The van der Waals surface area contributed by atoms with Gasteiger partial charge < -0.3 is 14.8 Å². The fourth-order valence-corrected chi connectivity index (χ4v) is 1.76. The summed E-state index contributed by atoms with van der Waals surface area (Å²) in [4.78, 5) is 15.4. The number of nitrogens with one attached hydrogen (secondary N) is 1. The molecule has 1 aromatic carbocycles. The molecule has 1 aromatic heterocycles. The van der Waals surface area contributed by atoms with Gasteiger partial charge in [-0.05, 0) is 24.3 Å². The zero-order valence-corrected chi connectivity index (χ0v) is 11.7. The van der Waals surface area contributed by atoms with Crippen LogP contribution in [0.5, 0.6) is 5.75 Å². The maximum atomic E-state index is 13.1. The first-order valence-corrected chi connectivity index (χ1v) is 6.24. The average Bonchev–Trinajstić information content (AvgIpc) is 2.53. The van der Waals surface area contributed by atoms with Gasteiger partial charge in [-0.3, -0.25) is 4.98 Å². The predicted molar refractivity (Wildman–Crippen MR) is 75.9 cm³/mol. The molecule has 0 saturated carbocycles. The van der Waals surface area contributed by atoms with Crippen LogP contribution in [0.3, 0.4) is 0 Å². The number of ether oxygens (including phenoxy) is 2. The summed E-state index contributed by atoms with van der Waals surface area (Å²) in [6, 6.07) is 7.60. The Labute approximate surface area is 121 Å². The number of hydrogen-bond donors (Lipinski definition) is 1. The fourth-order valence-electron chi connectivity index (χ4n) is 1.76. The molecular weight excluding hydrogens is 275 g/mol. The van der Waals surface area contributed by atoms with E-state index < -0.39 is 5.97 Å². The second-order valence-electron chi connectivity index (χ2n) is 4.23. The highest BCUT2D eigenvalue weighted by atomic mass is 19.1. The van der Waals surface area contributed by atoms with Crippen molar-refractivity contribution in [3.8, 4) is 5.75 Å². The lowest BCUT2D eigenvalue weighted by molar-refractivity contribution is 0.0600. The minimum Gasteiger partial charge on any atom is -0.494 e. The predicted octanol–water partition coefficient (Wildman–Crippen LogP) is 2.63. The highest BCUT2D eigenvalue weighted by Gasteiger charge is 2.07. The van der Waals surface area contributed by atoms with Gasteiger partial charge in [-0.1, -0.05) is 0 Å². The Kier molecular flexibility index (Phi) is 4.71. The van der Waals surface area contributed by atoms with Crippen molar-refractivity contribution in [3.05, 3.63) is 53.6 Å². The number of anilines is 1. The number of aromatic nitrogens is 1. The first-order valence-electron chi connectivity index (χ1n) is 6.24. The highest BCUT2D eigenvalue weighted by molar-refractivity contribution is 5.88. The Morgan fingerprint density at radius 1 is 1.29 bits per heavy atom. The number of benzene rings is 1. The van der Waals surface area contributed by atoms with Gasteiger partial charge >= 0.3 is 5.97 Å². The van der Waals surface area contributed by atoms with Gasteiger partial charge in [0.25, 0.3) is 0 Å². The van der Waals surface area contributed by atoms with Crippen molar-refractivity contribution in [1.29, 1.82) is 0 Å². The van der Waals surface area contributed by atoms with E-state index in [0.29, 0.717) is 23.5 Å². The minimum absolute atomic E-state index is 0.363. The first kappa shape index (κ1) is 14.8. The smallest absolute Gasteiger partial charge is 0.339 e. The molecule has 0 amide bonds. The minimum atomic E-state index is -0.429. The van der Waals surface area contributed by atoms with E-state index in [-0.39, 0.29) is 5.82 Å². The molecule has 5 nitrogen and oxygen atoms in total. The zero-order valence-electron chi connectivity index (χ0n) is 11.7. The molecule has 21 heavy (non-hydrogen) atoms. The summed E-state index contributed by atoms with van der Waals surface area (Å²) < 4.78 is 22.8. The summed E-state index contributed by atoms with van der Waals surface area (Å²) in [6.45, 7) is 0.420. The van der Waals surface area contributed by atoms with Crippen LogP contribution < -0.4 is 10.1 Å². The lowest BCUT2D eigenvalue weighted by Crippen LogP contribution is -2.06. The third kappa shape index (κ3) is 3.68. The molecule has 0 radical (unpaired) electrons. The molecule has 0 spiro atoms. The zero-order chi connectivity index (χ0) is 15.2. The number of hydrogen-bond acceptors (Lipinski definition) is 5. The molecule has 0 fully saturated rings. The molecule has 0 bridgehead atoms. The van der Waals surface area contributed by atoms with Crippen molar-refractivity contribution in [2.75, 3.05) is 19.5 Å². The van der Waals surface area contributed by atoms with Crippen LogP contribution >= 0.6 is 0 Å². The lowest BCUT2D eigenvalue weighted by Gasteiger charge is -2.11. The van der Waals surface area contributed by atoms with Crippen LogP contribution in [0.25, 0.3) is 0 Å². The Bertz CT molecular complexity index is 629. The normalized spacial score (nSPS) is 10.0. The third-order valence-electron chi connectivity index (χ3n) is 2.87. The van der Waals surface area contributed by atoms with Crippen LogP contribution in [0.4, 0.5) is 10.1 Å². The Hall–Kier alpha value is -2.63. The van der Waals surface area contributed by atoms with E-state index in [0.717, 1.165) is 5.69 Å². The van der Waals surface area contributed by atoms with Crippen molar-refractivity contribution >= 4 is 11.7 Å². The number of nitrogens with zero attached hydrogens (tertiary/aromatic N) is 1. The lowest BCUT2D eigenvalue weighted by atomic mass is 10.2. The molecule has 0 atom stereocenters. The van der Waals surface area contributed by atoms with Crippen molar-refractivity contribution < 1.29 is 18.7 Å². The summed E-state index contributed by atoms with van der Waals surface area (Å²) in [7, 11) is 2.79. The molecular formula is C15H15FN2O3. The molecule has 110 valence electrons. The van der Waals surface area contributed by atoms with E-state index in [1.807, 2.05) is 0 Å². The van der Waals surface area contributed by atoms with Gasteiger partial charge in [0.15, 0.2) is 0 Å². The van der Waals surface area contributed by atoms with Crippen LogP contribution in [0.1, 0.15) is 16.1 Å². The van der Waals surface area contributed by atoms with Crippen LogP contribution in [0.15, 0.2) is 36.5 Å². The van der Waals surface area contributed by atoms with Crippen LogP contribution in [-0.4, -0.2) is 25.2 Å². The van der Waals surface area contributed by atoms with E-state index in [4.69, 9.17) is 4.74 Å². The van der Waals surface area contributed by atoms with Gasteiger partial charge in [0.1, 0.15) is 11.6 Å². The number of carbonyl (C=O) groups is 1. The molecule has 1 heterocycles. The van der Waals surface area contributed by atoms with Crippen molar-refractivity contribution in [2.45, 2.75) is 6.54 Å². The second-order valence-corrected chi connectivity index (χ2v) is 4.23. The van der Waals surface area contributed by atoms with E-state index in [1.165, 1.54) is 32.5 Å². The van der Waals surface area contributed by atoms with Crippen LogP contribution in [0.2, 0.25) is 0 Å². The van der Waals surface area contributed by atoms with Crippen molar-refractivity contribution in [3.63, 3.8) is 0 Å². The maximum absolute atomic E-state index is 13.1. The molecule has 2 rings (SSSR count). The average molecular weight is 290 g/mol. The van der Waals surface area contributed by atoms with Gasteiger partial charge in [-0.2, -0.15) is 0 Å². The molecule has 0 aliphatic carbocycles. The summed E-state index contributed by atoms with van der Waals surface area (Å²) in [5.74, 6) is -0.374. The summed E-state index contributed by atoms with van der Waals surface area (Å²) in [6.07, 6.45) is 1.45. The van der Waals surface area contributed by atoms with E-state index in [9.17, 15) is 9.18 Å². The molecule has 0 aliphatic rings. The van der Waals surface area contributed by atoms with E-state index in [2.05, 4.69) is 15.0 Å². The highest BCUT2D eigenvalue weighted by Crippen LogP contribution is 2.25. The van der Waals surface area contributed by atoms with Crippen LogP contribution in [-0.2, 0) is 11.3 Å². The standard InChI is InChI=1S/C15H15FN2O3/c1-20-14-7-11(16)4-6-13(14)18-9-12-5-3-10(8-17-12)15(19)21-2/h3-8,18H,9H2,1-2H3. The van der Waals surface area contributed by atoms with Gasteiger partial charge in [-0.25, -0.2) is 9.18 Å². The Balaban J connectivity index is 2.05. The first-order chi connectivity index (χ1) is 10.1. The fraction of sp³-hybridized carbons (Fsp3) is 0.200. The van der Waals surface area contributed by atoms with Crippen LogP contribution in [0, 0.1) is 5.82 Å². The molecule has 2 aromatic rings. The molecule has 0 aliphatic heterocycles. The number of halogens is 1. The number of esters is 1. The monoisotopic (exact) mass is 290 g/mol. The van der Waals surface area contributed by atoms with Gasteiger partial charge in [-0.15, -0.1) is 0 Å². The maximum Gasteiger partial charge on any atom is 0.339 e. The number of pyridine rings is 1. The second kappa shape index (κ2) is 6.69. The molecule has 0 saturated heterocycles. The van der Waals surface area contributed by atoms with E-state index >= 15 is 0 Å². The topological polar surface area (TPSA) is 60.5 Å². The molecule has 0 unspecified atom stereocenters. The van der Waals surface area contributed by atoms with Gasteiger partial charge in [0.05, 0.1) is 37.7 Å². The SMILES string of the molecule is COC(=O)c1ccc(CNc2ccc(F)cc2OC)nc1. The Morgan fingerprint density at radius 2 is 2.10 bits per heavy atom. The van der Waals surface area contributed by atoms with Crippen molar-refractivity contribution in [1.82, 2.24) is 4.98 Å². The largest absolute Gasteiger partial charge is 0.494 e. The quantitative estimate of drug-likeness (QED) is 0.858. The summed E-state index contributed by atoms with van der Waals surface area (Å²) in [5, 5.41) is 3.10. The van der Waals surface area contributed by atoms with Gasteiger partial charge in [0.2, 0.25) is 0 Å². The summed E-state index contributed by atoms with van der Waals surface area (Å²) in [5.41, 5.74) is 1.78. The number of methoxy groups -OCH3 is 2. The summed E-state index contributed by atoms with van der Waals surface area (Å²) >= 11 is 0. The number of rotatable bonds is 5.